The van der Waals surface area contributed by atoms with Gasteiger partial charge in [0.2, 0.25) is 21.8 Å². The first-order valence-corrected chi connectivity index (χ1v) is 14.6. The molecule has 2 saturated carbocycles. The van der Waals surface area contributed by atoms with E-state index < -0.39 is 10.0 Å². The van der Waals surface area contributed by atoms with Gasteiger partial charge >= 0.3 is 0 Å². The summed E-state index contributed by atoms with van der Waals surface area (Å²) >= 11 is 0. The Morgan fingerprint density at radius 1 is 0.971 bits per heavy atom. The third kappa shape index (κ3) is 8.88. The van der Waals surface area contributed by atoms with Crippen molar-refractivity contribution in [2.45, 2.75) is 82.1 Å². The van der Waals surface area contributed by atoms with Crippen molar-refractivity contribution < 1.29 is 18.0 Å². The molecule has 3 rings (SSSR count). The number of carbonyl (C=O) groups excluding carboxylic acids is 2. The molecule has 2 aliphatic carbocycles. The molecule has 35 heavy (non-hydrogen) atoms. The van der Waals surface area contributed by atoms with Crippen LogP contribution in [0.4, 0.5) is 5.69 Å². The zero-order valence-electron chi connectivity index (χ0n) is 21.2. The van der Waals surface area contributed by atoms with Gasteiger partial charge in [-0.05, 0) is 88.7 Å². The molecule has 0 aromatic heterocycles. The zero-order valence-corrected chi connectivity index (χ0v) is 22.0. The van der Waals surface area contributed by atoms with Crippen molar-refractivity contribution in [3.8, 4) is 0 Å². The fourth-order valence-electron chi connectivity index (χ4n) is 5.25. The first-order chi connectivity index (χ1) is 16.7. The highest BCUT2D eigenvalue weighted by Crippen LogP contribution is 2.29. The lowest BCUT2D eigenvalue weighted by Gasteiger charge is -2.31. The number of anilines is 1. The maximum absolute atomic E-state index is 12.6. The summed E-state index contributed by atoms with van der Waals surface area (Å²) in [5.41, 5.74) is 0.560. The molecule has 0 atom stereocenters. The maximum atomic E-state index is 12.6. The lowest BCUT2D eigenvalue weighted by Crippen LogP contribution is -2.38. The van der Waals surface area contributed by atoms with Crippen LogP contribution < -0.4 is 15.4 Å². The van der Waals surface area contributed by atoms with Crippen molar-refractivity contribution in [1.82, 2.24) is 14.9 Å². The van der Waals surface area contributed by atoms with E-state index in [0.717, 1.165) is 45.2 Å². The van der Waals surface area contributed by atoms with E-state index in [1.54, 1.807) is 12.1 Å². The third-order valence-corrected chi connectivity index (χ3v) is 8.89. The molecule has 1 aromatic rings. The van der Waals surface area contributed by atoms with E-state index >= 15 is 0 Å². The molecule has 0 radical (unpaired) electrons. The molecule has 0 aliphatic heterocycles. The van der Waals surface area contributed by atoms with Crippen LogP contribution in [0.3, 0.4) is 0 Å². The number of hydrogen-bond donors (Lipinski definition) is 3. The monoisotopic (exact) mass is 506 g/mol. The molecule has 0 bridgehead atoms. The van der Waals surface area contributed by atoms with Gasteiger partial charge in [-0.3, -0.25) is 9.59 Å². The lowest BCUT2D eigenvalue weighted by atomic mass is 9.81. The van der Waals surface area contributed by atoms with Gasteiger partial charge in [0.1, 0.15) is 0 Å². The Balaban J connectivity index is 1.32. The SMILES string of the molecule is CC(=O)Nc1ccc(S(=O)(=O)NCC2CCC(C(=O)NCCCN(C)C3CCCCC3)CC2)cc1. The highest BCUT2D eigenvalue weighted by molar-refractivity contribution is 7.89. The number of rotatable bonds is 11. The summed E-state index contributed by atoms with van der Waals surface area (Å²) in [6, 6.07) is 6.83. The molecule has 0 heterocycles. The van der Waals surface area contributed by atoms with E-state index in [9.17, 15) is 18.0 Å². The molecular weight excluding hydrogens is 464 g/mol. The largest absolute Gasteiger partial charge is 0.356 e. The number of benzene rings is 1. The van der Waals surface area contributed by atoms with Gasteiger partial charge < -0.3 is 15.5 Å². The molecule has 0 spiro atoms. The number of nitrogens with one attached hydrogen (secondary N) is 3. The maximum Gasteiger partial charge on any atom is 0.240 e. The first kappa shape index (κ1) is 27.6. The molecule has 1 aromatic carbocycles. The van der Waals surface area contributed by atoms with Crippen LogP contribution in [-0.4, -0.2) is 57.9 Å². The molecule has 2 fully saturated rings. The summed E-state index contributed by atoms with van der Waals surface area (Å²) in [5, 5.41) is 5.74. The Morgan fingerprint density at radius 3 is 2.26 bits per heavy atom. The van der Waals surface area contributed by atoms with E-state index in [1.807, 2.05) is 0 Å². The molecule has 0 unspecified atom stereocenters. The van der Waals surface area contributed by atoms with E-state index in [4.69, 9.17) is 0 Å². The van der Waals surface area contributed by atoms with Crippen molar-refractivity contribution >= 4 is 27.5 Å². The molecule has 9 heteroatoms. The second-order valence-electron chi connectivity index (χ2n) is 10.2. The van der Waals surface area contributed by atoms with Gasteiger partial charge in [0.25, 0.3) is 0 Å². The Kier molecular flexibility index (Phi) is 10.5. The number of nitrogens with zero attached hydrogens (tertiary/aromatic N) is 1. The fourth-order valence-corrected chi connectivity index (χ4v) is 6.37. The smallest absolute Gasteiger partial charge is 0.240 e. The van der Waals surface area contributed by atoms with Crippen molar-refractivity contribution in [2.24, 2.45) is 11.8 Å². The van der Waals surface area contributed by atoms with E-state index in [-0.39, 0.29) is 28.5 Å². The molecule has 196 valence electrons. The van der Waals surface area contributed by atoms with Gasteiger partial charge in [0.15, 0.2) is 0 Å². The standard InChI is InChI=1S/C26H42N4O4S/c1-20(31)29-23-13-15-25(16-14-23)35(33,34)28-19-21-9-11-22(12-10-21)26(32)27-17-6-18-30(2)24-7-4-3-5-8-24/h13-16,21-22,24,28H,3-12,17-19H2,1-2H3,(H,27,32)(H,29,31). The molecule has 0 saturated heterocycles. The summed E-state index contributed by atoms with van der Waals surface area (Å²) in [6.07, 6.45) is 10.9. The van der Waals surface area contributed by atoms with Gasteiger partial charge in [-0.15, -0.1) is 0 Å². The summed E-state index contributed by atoms with van der Waals surface area (Å²) in [4.78, 5) is 26.3. The van der Waals surface area contributed by atoms with Crippen LogP contribution in [0.1, 0.15) is 71.1 Å². The Hall–Kier alpha value is -1.97. The normalized spacial score (nSPS) is 21.6. The van der Waals surface area contributed by atoms with E-state index in [0.29, 0.717) is 18.3 Å². The predicted octanol–water partition coefficient (Wildman–Crippen LogP) is 3.50. The van der Waals surface area contributed by atoms with Gasteiger partial charge in [-0.2, -0.15) is 0 Å². The van der Waals surface area contributed by atoms with Crippen molar-refractivity contribution in [2.75, 3.05) is 32.0 Å². The molecule has 2 amide bonds. The van der Waals surface area contributed by atoms with Crippen LogP contribution >= 0.6 is 0 Å². The number of carbonyl (C=O) groups is 2. The van der Waals surface area contributed by atoms with Gasteiger partial charge in [0, 0.05) is 37.7 Å². The van der Waals surface area contributed by atoms with Crippen LogP contribution in [0.5, 0.6) is 0 Å². The molecule has 2 aliphatic rings. The second kappa shape index (κ2) is 13.4. The minimum Gasteiger partial charge on any atom is -0.356 e. The first-order valence-electron chi connectivity index (χ1n) is 13.1. The van der Waals surface area contributed by atoms with Gasteiger partial charge in [0.05, 0.1) is 4.90 Å². The molecule has 3 N–H and O–H groups in total. The average Bonchev–Trinajstić information content (AvgIpc) is 2.86. The van der Waals surface area contributed by atoms with Crippen LogP contribution in [0.25, 0.3) is 0 Å². The van der Waals surface area contributed by atoms with Gasteiger partial charge in [-0.1, -0.05) is 19.3 Å². The summed E-state index contributed by atoms with van der Waals surface area (Å²) in [5.74, 6) is 0.200. The number of hydrogen-bond acceptors (Lipinski definition) is 5. The lowest BCUT2D eigenvalue weighted by molar-refractivity contribution is -0.126. The van der Waals surface area contributed by atoms with Crippen LogP contribution in [-0.2, 0) is 19.6 Å². The second-order valence-corrected chi connectivity index (χ2v) is 12.0. The highest BCUT2D eigenvalue weighted by Gasteiger charge is 2.27. The minimum atomic E-state index is -3.61. The summed E-state index contributed by atoms with van der Waals surface area (Å²) in [6.45, 7) is 3.52. The molecule has 8 nitrogen and oxygen atoms in total. The van der Waals surface area contributed by atoms with E-state index in [1.165, 1.54) is 51.2 Å². The third-order valence-electron chi connectivity index (χ3n) is 7.45. The minimum absolute atomic E-state index is 0.0280. The average molecular weight is 507 g/mol. The zero-order chi connectivity index (χ0) is 25.3. The summed E-state index contributed by atoms with van der Waals surface area (Å²) in [7, 11) is -1.41. The summed E-state index contributed by atoms with van der Waals surface area (Å²) < 4.78 is 27.9. The number of amides is 2. The van der Waals surface area contributed by atoms with Crippen molar-refractivity contribution in [1.29, 1.82) is 0 Å². The van der Waals surface area contributed by atoms with Crippen LogP contribution in [0.2, 0.25) is 0 Å². The Labute approximate surface area is 210 Å². The van der Waals surface area contributed by atoms with Gasteiger partial charge in [-0.25, -0.2) is 13.1 Å². The van der Waals surface area contributed by atoms with Crippen LogP contribution in [0.15, 0.2) is 29.2 Å². The highest BCUT2D eigenvalue weighted by atomic mass is 32.2. The Bertz CT molecular complexity index is 921. The molecular formula is C26H42N4O4S. The number of sulfonamides is 1. The fraction of sp³-hybridized carbons (Fsp3) is 0.692. The Morgan fingerprint density at radius 2 is 1.63 bits per heavy atom. The van der Waals surface area contributed by atoms with Crippen LogP contribution in [0, 0.1) is 11.8 Å². The quantitative estimate of drug-likeness (QED) is 0.398. The van der Waals surface area contributed by atoms with Crippen molar-refractivity contribution in [3.05, 3.63) is 24.3 Å². The van der Waals surface area contributed by atoms with E-state index in [2.05, 4.69) is 27.3 Å². The van der Waals surface area contributed by atoms with Crippen molar-refractivity contribution in [3.63, 3.8) is 0 Å². The topological polar surface area (TPSA) is 108 Å². The predicted molar refractivity (Wildman–Crippen MR) is 139 cm³/mol.